The van der Waals surface area contributed by atoms with Crippen molar-refractivity contribution in [2.24, 2.45) is 0 Å². The molecule has 1 heterocycles. The molecule has 0 radical (unpaired) electrons. The molecule has 0 aliphatic rings. The zero-order valence-electron chi connectivity index (χ0n) is 17.3. The molecule has 0 aliphatic heterocycles. The normalized spacial score (nSPS) is 11.8. The maximum Gasteiger partial charge on any atom is 0.251 e. The van der Waals surface area contributed by atoms with Crippen LogP contribution < -0.4 is 10.1 Å². The molecule has 1 aromatic heterocycles. The fourth-order valence-electron chi connectivity index (χ4n) is 3.40. The fraction of sp³-hybridized carbons (Fsp3) is 0.154. The minimum Gasteiger partial charge on any atom is -0.457 e. The number of amides is 1. The van der Waals surface area contributed by atoms with Crippen LogP contribution in [-0.4, -0.2) is 10.9 Å². The molecular weight excluding hydrogens is 372 g/mol. The summed E-state index contributed by atoms with van der Waals surface area (Å²) in [7, 11) is 0. The molecule has 0 saturated carbocycles. The van der Waals surface area contributed by atoms with Crippen molar-refractivity contribution >= 4 is 16.8 Å². The number of pyridine rings is 1. The molecule has 3 aromatic carbocycles. The van der Waals surface area contributed by atoms with Crippen LogP contribution in [-0.2, 0) is 0 Å². The van der Waals surface area contributed by atoms with E-state index in [-0.39, 0.29) is 11.9 Å². The number of hydrogen-bond donors (Lipinski definition) is 1. The lowest BCUT2D eigenvalue weighted by atomic mass is 10.1. The van der Waals surface area contributed by atoms with Crippen molar-refractivity contribution in [2.75, 3.05) is 0 Å². The van der Waals surface area contributed by atoms with E-state index in [4.69, 9.17) is 4.74 Å². The zero-order valence-corrected chi connectivity index (χ0v) is 17.3. The second-order valence-electron chi connectivity index (χ2n) is 7.50. The molecule has 4 rings (SSSR count). The van der Waals surface area contributed by atoms with Gasteiger partial charge in [-0.05, 0) is 73.9 Å². The molecule has 0 saturated heterocycles. The minimum atomic E-state index is -0.136. The Morgan fingerprint density at radius 2 is 1.70 bits per heavy atom. The Morgan fingerprint density at radius 3 is 2.50 bits per heavy atom. The summed E-state index contributed by atoms with van der Waals surface area (Å²) in [6.07, 6.45) is 1.74. The van der Waals surface area contributed by atoms with Gasteiger partial charge in [0, 0.05) is 17.1 Å². The largest absolute Gasteiger partial charge is 0.457 e. The van der Waals surface area contributed by atoms with Crippen LogP contribution in [0.2, 0.25) is 0 Å². The van der Waals surface area contributed by atoms with Gasteiger partial charge in [-0.1, -0.05) is 36.4 Å². The van der Waals surface area contributed by atoms with Crippen LogP contribution in [0.3, 0.4) is 0 Å². The first-order valence-corrected chi connectivity index (χ1v) is 10.0. The van der Waals surface area contributed by atoms with E-state index < -0.39 is 0 Å². The Hall–Kier alpha value is -3.66. The number of nitrogens with zero attached hydrogens (tertiary/aromatic N) is 1. The van der Waals surface area contributed by atoms with Crippen LogP contribution in [0.5, 0.6) is 11.5 Å². The highest BCUT2D eigenvalue weighted by molar-refractivity contribution is 5.95. The number of aryl methyl sites for hydroxylation is 2. The molecule has 4 aromatic rings. The average molecular weight is 396 g/mol. The van der Waals surface area contributed by atoms with E-state index in [0.717, 1.165) is 22.2 Å². The fourth-order valence-corrected chi connectivity index (χ4v) is 3.40. The molecule has 1 amide bonds. The summed E-state index contributed by atoms with van der Waals surface area (Å²) >= 11 is 0. The van der Waals surface area contributed by atoms with E-state index in [9.17, 15) is 4.79 Å². The van der Waals surface area contributed by atoms with E-state index >= 15 is 0 Å². The van der Waals surface area contributed by atoms with Crippen LogP contribution in [0.4, 0.5) is 0 Å². The molecule has 150 valence electrons. The van der Waals surface area contributed by atoms with Gasteiger partial charge in [0.05, 0.1) is 11.6 Å². The molecule has 1 N–H and O–H groups in total. The summed E-state index contributed by atoms with van der Waals surface area (Å²) in [5.74, 6) is 1.20. The third kappa shape index (κ3) is 4.18. The van der Waals surface area contributed by atoms with Crippen molar-refractivity contribution in [3.8, 4) is 11.5 Å². The number of hydrogen-bond acceptors (Lipinski definition) is 3. The Bertz CT molecular complexity index is 1200. The topological polar surface area (TPSA) is 51.2 Å². The van der Waals surface area contributed by atoms with Gasteiger partial charge in [-0.25, -0.2) is 0 Å². The first kappa shape index (κ1) is 19.6. The van der Waals surface area contributed by atoms with Gasteiger partial charge in [-0.2, -0.15) is 0 Å². The van der Waals surface area contributed by atoms with Crippen molar-refractivity contribution in [1.82, 2.24) is 10.3 Å². The SMILES string of the molecule is Cc1cc2nccc(Oc3cccc(C(=O)NC(C)c4ccccc4)c3)c2cc1C. The maximum absolute atomic E-state index is 12.8. The van der Waals surface area contributed by atoms with E-state index in [1.54, 1.807) is 18.3 Å². The van der Waals surface area contributed by atoms with Gasteiger partial charge in [0.2, 0.25) is 0 Å². The van der Waals surface area contributed by atoms with Crippen LogP contribution in [0, 0.1) is 13.8 Å². The van der Waals surface area contributed by atoms with Crippen molar-refractivity contribution in [3.63, 3.8) is 0 Å². The molecule has 1 unspecified atom stereocenters. The molecule has 30 heavy (non-hydrogen) atoms. The predicted molar refractivity (Wildman–Crippen MR) is 120 cm³/mol. The van der Waals surface area contributed by atoms with Gasteiger partial charge in [0.1, 0.15) is 11.5 Å². The number of fused-ring (bicyclic) bond motifs is 1. The summed E-state index contributed by atoms with van der Waals surface area (Å²) < 4.78 is 6.15. The molecular formula is C26H24N2O2. The Morgan fingerprint density at radius 1 is 0.933 bits per heavy atom. The second kappa shape index (κ2) is 8.37. The average Bonchev–Trinajstić information content (AvgIpc) is 2.76. The third-order valence-corrected chi connectivity index (χ3v) is 5.29. The minimum absolute atomic E-state index is 0.0846. The van der Waals surface area contributed by atoms with E-state index in [1.165, 1.54) is 11.1 Å². The van der Waals surface area contributed by atoms with Crippen LogP contribution in [0.25, 0.3) is 10.9 Å². The summed E-state index contributed by atoms with van der Waals surface area (Å²) in [6.45, 7) is 6.12. The molecule has 0 aliphatic carbocycles. The summed E-state index contributed by atoms with van der Waals surface area (Å²) in [4.78, 5) is 17.2. The predicted octanol–water partition coefficient (Wildman–Crippen LogP) is 6.13. The second-order valence-corrected chi connectivity index (χ2v) is 7.50. The molecule has 4 nitrogen and oxygen atoms in total. The summed E-state index contributed by atoms with van der Waals surface area (Å²) in [5.41, 5.74) is 4.88. The standard InChI is InChI=1S/C26H24N2O2/c1-17-14-23-24(15-18(17)2)27-13-12-25(23)30-22-11-7-10-21(16-22)26(29)28-19(3)20-8-5-4-6-9-20/h4-16,19H,1-3H3,(H,28,29). The van der Waals surface area contributed by atoms with Crippen molar-refractivity contribution in [2.45, 2.75) is 26.8 Å². The lowest BCUT2D eigenvalue weighted by Crippen LogP contribution is -2.26. The molecule has 0 spiro atoms. The first-order valence-electron chi connectivity index (χ1n) is 10.0. The van der Waals surface area contributed by atoms with Gasteiger partial charge in [0.15, 0.2) is 0 Å². The Kier molecular flexibility index (Phi) is 5.48. The summed E-state index contributed by atoms with van der Waals surface area (Å²) in [6, 6.07) is 23.1. The third-order valence-electron chi connectivity index (χ3n) is 5.29. The Labute approximate surface area is 176 Å². The van der Waals surface area contributed by atoms with Crippen LogP contribution >= 0.6 is 0 Å². The van der Waals surface area contributed by atoms with Gasteiger partial charge in [-0.3, -0.25) is 9.78 Å². The Balaban J connectivity index is 1.56. The van der Waals surface area contributed by atoms with E-state index in [2.05, 4.69) is 36.3 Å². The van der Waals surface area contributed by atoms with E-state index in [0.29, 0.717) is 11.3 Å². The number of carbonyl (C=O) groups is 1. The van der Waals surface area contributed by atoms with Gasteiger partial charge < -0.3 is 10.1 Å². The summed E-state index contributed by atoms with van der Waals surface area (Å²) in [5, 5.41) is 3.99. The highest BCUT2D eigenvalue weighted by Gasteiger charge is 2.13. The molecule has 0 bridgehead atoms. The monoisotopic (exact) mass is 396 g/mol. The van der Waals surface area contributed by atoms with Crippen LogP contribution in [0.1, 0.15) is 40.0 Å². The smallest absolute Gasteiger partial charge is 0.251 e. The molecule has 1 atom stereocenters. The van der Waals surface area contributed by atoms with Gasteiger partial charge in [-0.15, -0.1) is 0 Å². The highest BCUT2D eigenvalue weighted by Crippen LogP contribution is 2.31. The number of benzene rings is 3. The first-order chi connectivity index (χ1) is 14.5. The molecule has 4 heteroatoms. The van der Waals surface area contributed by atoms with Crippen molar-refractivity contribution in [1.29, 1.82) is 0 Å². The van der Waals surface area contributed by atoms with Crippen molar-refractivity contribution < 1.29 is 9.53 Å². The highest BCUT2D eigenvalue weighted by atomic mass is 16.5. The number of rotatable bonds is 5. The number of ether oxygens (including phenoxy) is 1. The zero-order chi connectivity index (χ0) is 21.1. The van der Waals surface area contributed by atoms with Crippen molar-refractivity contribution in [3.05, 3.63) is 101 Å². The lowest BCUT2D eigenvalue weighted by Gasteiger charge is -2.15. The van der Waals surface area contributed by atoms with E-state index in [1.807, 2.05) is 55.5 Å². The number of aromatic nitrogens is 1. The lowest BCUT2D eigenvalue weighted by molar-refractivity contribution is 0.0939. The number of nitrogens with one attached hydrogen (secondary N) is 1. The van der Waals surface area contributed by atoms with Crippen LogP contribution in [0.15, 0.2) is 79.0 Å². The van der Waals surface area contributed by atoms with Gasteiger partial charge >= 0.3 is 0 Å². The maximum atomic E-state index is 12.8. The quantitative estimate of drug-likeness (QED) is 0.441. The molecule has 0 fully saturated rings. The number of carbonyl (C=O) groups excluding carboxylic acids is 1. The van der Waals surface area contributed by atoms with Gasteiger partial charge in [0.25, 0.3) is 5.91 Å².